The average Bonchev–Trinajstić information content (AvgIpc) is 2.53. The van der Waals surface area contributed by atoms with E-state index in [1.165, 1.54) is 61.4 Å². The Morgan fingerprint density at radius 3 is 1.95 bits per heavy atom. The van der Waals surface area contributed by atoms with E-state index in [0.29, 0.717) is 3.43 Å². The predicted octanol–water partition coefficient (Wildman–Crippen LogP) is 4.44. The monoisotopic (exact) mass is 411 g/mol. The first-order chi connectivity index (χ1) is 10.6. The molecule has 3 heteroatoms. The van der Waals surface area contributed by atoms with Crippen LogP contribution in [0.5, 0.6) is 0 Å². The minimum atomic E-state index is -0.887. The van der Waals surface area contributed by atoms with Crippen molar-refractivity contribution in [3.8, 4) is 0 Å². The van der Waals surface area contributed by atoms with Gasteiger partial charge in [-0.25, -0.2) is 0 Å². The second-order valence-electron chi connectivity index (χ2n) is 6.55. The van der Waals surface area contributed by atoms with E-state index in [-0.39, 0.29) is 5.56 Å². The number of aromatic nitrogens is 1. The summed E-state index contributed by atoms with van der Waals surface area (Å²) in [6.45, 7) is 6.87. The molecule has 1 aromatic heterocycles. The van der Waals surface area contributed by atoms with Crippen molar-refractivity contribution in [1.29, 1.82) is 0 Å². The van der Waals surface area contributed by atoms with Gasteiger partial charge < -0.3 is 0 Å². The summed E-state index contributed by atoms with van der Waals surface area (Å²) in [4.78, 5) is 12.5. The predicted molar refractivity (Wildman–Crippen MR) is 98.3 cm³/mol. The molecule has 0 bridgehead atoms. The fourth-order valence-electron chi connectivity index (χ4n) is 3.09. The van der Waals surface area contributed by atoms with E-state index in [9.17, 15) is 4.79 Å². The molecular weight excluding hydrogens is 377 g/mol. The summed E-state index contributed by atoms with van der Waals surface area (Å²) in [5.41, 5.74) is 0.267. The Morgan fingerprint density at radius 2 is 1.50 bits per heavy atom. The number of nitrogens with zero attached hydrogens (tertiary/aromatic N) is 1. The van der Waals surface area contributed by atoms with Crippen LogP contribution >= 0.6 is 0 Å². The molecule has 0 aliphatic heterocycles. The fourth-order valence-corrected chi connectivity index (χ4v) is 8.62. The van der Waals surface area contributed by atoms with E-state index in [1.807, 2.05) is 13.2 Å². The van der Waals surface area contributed by atoms with Crippen LogP contribution in [0.4, 0.5) is 0 Å². The second-order valence-corrected chi connectivity index (χ2v) is 11.8. The molecule has 0 aliphatic carbocycles. The fraction of sp³-hybridized carbons (Fsp3) is 0.737. The van der Waals surface area contributed by atoms with Gasteiger partial charge >= 0.3 is 147 Å². The topological polar surface area (TPSA) is 22.0 Å². The Hall–Kier alpha value is -0.251. The number of rotatable bonds is 11. The molecule has 0 fully saturated rings. The third-order valence-corrected chi connectivity index (χ3v) is 10.1. The zero-order valence-electron chi connectivity index (χ0n) is 15.0. The van der Waals surface area contributed by atoms with Crippen LogP contribution in [-0.4, -0.2) is 25.7 Å². The molecule has 2 radical (unpaired) electrons. The quantitative estimate of drug-likeness (QED) is 0.495. The number of pyridine rings is 1. The summed E-state index contributed by atoms with van der Waals surface area (Å²) in [7, 11) is 1.89. The summed E-state index contributed by atoms with van der Waals surface area (Å²) >= 11 is -0.887. The summed E-state index contributed by atoms with van der Waals surface area (Å²) in [5.74, 6) is 0. The molecule has 22 heavy (non-hydrogen) atoms. The van der Waals surface area contributed by atoms with E-state index in [2.05, 4.69) is 32.9 Å². The van der Waals surface area contributed by atoms with Gasteiger partial charge in [0.2, 0.25) is 0 Å². The number of hydrogen-bond acceptors (Lipinski definition) is 1. The molecule has 0 atom stereocenters. The van der Waals surface area contributed by atoms with Crippen molar-refractivity contribution in [1.82, 2.24) is 4.57 Å². The number of unbranched alkanes of at least 4 members (excludes halogenated alkanes) is 3. The maximum absolute atomic E-state index is 12.5. The molecule has 1 heterocycles. The van der Waals surface area contributed by atoms with Crippen molar-refractivity contribution in [2.75, 3.05) is 0 Å². The molecule has 0 amide bonds. The first-order valence-electron chi connectivity index (χ1n) is 9.02. The molecule has 0 spiro atoms. The van der Waals surface area contributed by atoms with E-state index in [1.54, 1.807) is 4.57 Å². The van der Waals surface area contributed by atoms with Crippen LogP contribution in [0.2, 0.25) is 3.43 Å². The van der Waals surface area contributed by atoms with Crippen molar-refractivity contribution in [2.24, 2.45) is 7.05 Å². The van der Waals surface area contributed by atoms with Gasteiger partial charge in [0.05, 0.1) is 0 Å². The Balaban J connectivity index is 3.03. The third-order valence-electron chi connectivity index (χ3n) is 4.55. The standard InChI is InChI=1S/C13H27.C6H6NO.Sn/c1-4-7-10-13(11-8-5-2)12-9-6-3;1-7-5-3-2-4-6(7)8;/h4-12H2,1-3H3;2-3,5H,1H3;. The van der Waals surface area contributed by atoms with E-state index < -0.39 is 21.1 Å². The molecule has 0 saturated heterocycles. The van der Waals surface area contributed by atoms with Gasteiger partial charge in [0.1, 0.15) is 0 Å². The first-order valence-corrected chi connectivity index (χ1v) is 11.9. The van der Waals surface area contributed by atoms with Crippen molar-refractivity contribution in [3.63, 3.8) is 0 Å². The van der Waals surface area contributed by atoms with Crippen LogP contribution in [0.3, 0.4) is 0 Å². The second kappa shape index (κ2) is 10.5. The third kappa shape index (κ3) is 6.09. The Labute approximate surface area is 146 Å². The molecular formula is C19H33NOSn. The SMILES string of the molecule is CCCC[C](CCCC)(CCCC)[Sn][c]1cccn(C)c1=O. The summed E-state index contributed by atoms with van der Waals surface area (Å²) in [6, 6.07) is 4.18. The summed E-state index contributed by atoms with van der Waals surface area (Å²) in [6.07, 6.45) is 13.7. The van der Waals surface area contributed by atoms with E-state index in [4.69, 9.17) is 0 Å². The van der Waals surface area contributed by atoms with Crippen LogP contribution < -0.4 is 9.14 Å². The van der Waals surface area contributed by atoms with Gasteiger partial charge in [-0.05, 0) is 0 Å². The Morgan fingerprint density at radius 1 is 1.00 bits per heavy atom. The number of aryl methyl sites for hydroxylation is 1. The van der Waals surface area contributed by atoms with Crippen LogP contribution in [0, 0.1) is 0 Å². The molecule has 1 aromatic rings. The molecule has 124 valence electrons. The van der Waals surface area contributed by atoms with Crippen LogP contribution in [0.1, 0.15) is 78.6 Å². The summed E-state index contributed by atoms with van der Waals surface area (Å²) < 4.78 is 3.44. The van der Waals surface area contributed by atoms with Gasteiger partial charge in [-0.3, -0.25) is 0 Å². The Bertz CT molecular complexity index is 459. The van der Waals surface area contributed by atoms with Crippen LogP contribution in [0.15, 0.2) is 23.1 Å². The molecule has 0 saturated carbocycles. The van der Waals surface area contributed by atoms with Crippen molar-refractivity contribution in [3.05, 3.63) is 28.7 Å². The molecule has 0 N–H and O–H groups in total. The van der Waals surface area contributed by atoms with E-state index >= 15 is 0 Å². The van der Waals surface area contributed by atoms with Crippen LogP contribution in [0.25, 0.3) is 0 Å². The van der Waals surface area contributed by atoms with Gasteiger partial charge in [0.25, 0.3) is 0 Å². The first kappa shape index (κ1) is 19.8. The number of hydrogen-bond donors (Lipinski definition) is 0. The van der Waals surface area contributed by atoms with Crippen molar-refractivity contribution in [2.45, 2.75) is 82.0 Å². The minimum absolute atomic E-state index is 0.267. The molecule has 1 rings (SSSR count). The zero-order chi connectivity index (χ0) is 16.4. The molecule has 0 unspecified atom stereocenters. The van der Waals surface area contributed by atoms with Crippen molar-refractivity contribution < 1.29 is 0 Å². The van der Waals surface area contributed by atoms with Gasteiger partial charge in [-0.2, -0.15) is 0 Å². The zero-order valence-corrected chi connectivity index (χ0v) is 17.8. The van der Waals surface area contributed by atoms with Crippen LogP contribution in [-0.2, 0) is 7.05 Å². The molecule has 0 aromatic carbocycles. The normalized spacial score (nSPS) is 11.8. The molecule has 2 nitrogen and oxygen atoms in total. The van der Waals surface area contributed by atoms with Gasteiger partial charge in [-0.15, -0.1) is 0 Å². The van der Waals surface area contributed by atoms with Gasteiger partial charge in [0.15, 0.2) is 0 Å². The van der Waals surface area contributed by atoms with Gasteiger partial charge in [-0.1, -0.05) is 0 Å². The van der Waals surface area contributed by atoms with Gasteiger partial charge in [0, 0.05) is 0 Å². The maximum atomic E-state index is 12.5. The van der Waals surface area contributed by atoms with Crippen molar-refractivity contribution >= 4 is 24.7 Å². The Kier molecular flexibility index (Phi) is 9.46. The van der Waals surface area contributed by atoms with E-state index in [0.717, 1.165) is 0 Å². The summed E-state index contributed by atoms with van der Waals surface area (Å²) in [5, 5.41) is 0. The molecule has 0 aliphatic rings. The average molecular weight is 410 g/mol.